The lowest BCUT2D eigenvalue weighted by molar-refractivity contribution is -1.02. The normalized spacial score (nSPS) is 21.2. The van der Waals surface area contributed by atoms with Crippen LogP contribution in [-0.2, 0) is 6.54 Å². The number of aliphatic hydroxyl groups is 1. The average molecular weight is 358 g/mol. The Kier molecular flexibility index (Phi) is 6.89. The van der Waals surface area contributed by atoms with E-state index in [4.69, 9.17) is 9.47 Å². The van der Waals surface area contributed by atoms with Crippen molar-refractivity contribution in [3.63, 3.8) is 0 Å². The van der Waals surface area contributed by atoms with E-state index in [2.05, 4.69) is 30.3 Å². The number of piperazine rings is 1. The zero-order valence-corrected chi connectivity index (χ0v) is 15.5. The fourth-order valence-electron chi connectivity index (χ4n) is 3.50. The second-order valence-electron chi connectivity index (χ2n) is 7.01. The number of ether oxygens (including phenoxy) is 2. The number of benzene rings is 2. The van der Waals surface area contributed by atoms with Crippen LogP contribution in [0.15, 0.2) is 54.6 Å². The van der Waals surface area contributed by atoms with Crippen molar-refractivity contribution in [2.45, 2.75) is 12.6 Å². The highest BCUT2D eigenvalue weighted by Gasteiger charge is 2.25. The first-order chi connectivity index (χ1) is 12.7. The van der Waals surface area contributed by atoms with Gasteiger partial charge >= 0.3 is 0 Å². The van der Waals surface area contributed by atoms with Crippen molar-refractivity contribution < 1.29 is 24.4 Å². The lowest BCUT2D eigenvalue weighted by atomic mass is 10.2. The molecule has 0 radical (unpaired) electrons. The summed E-state index contributed by atoms with van der Waals surface area (Å²) in [5.41, 5.74) is 1.40. The standard InChI is InChI=1S/C21H28N2O3/c1-25-20-8-5-9-21(14-20)26-17-19(24)16-23-12-10-22(11-13-23)15-18-6-3-2-4-7-18/h2-9,14,19,24H,10-13,15-17H2,1H3/p+2. The molecule has 0 saturated carbocycles. The Morgan fingerprint density at radius 3 is 2.35 bits per heavy atom. The molecule has 1 heterocycles. The van der Waals surface area contributed by atoms with Crippen LogP contribution in [0.3, 0.4) is 0 Å². The molecule has 0 amide bonds. The van der Waals surface area contributed by atoms with Crippen molar-refractivity contribution in [2.75, 3.05) is 46.4 Å². The molecule has 2 aromatic rings. The highest BCUT2D eigenvalue weighted by Crippen LogP contribution is 2.18. The lowest BCUT2D eigenvalue weighted by Gasteiger charge is -2.30. The predicted molar refractivity (Wildman–Crippen MR) is 101 cm³/mol. The molecule has 1 aliphatic rings. The maximum Gasteiger partial charge on any atom is 0.137 e. The van der Waals surface area contributed by atoms with Gasteiger partial charge in [-0.1, -0.05) is 36.4 Å². The summed E-state index contributed by atoms with van der Waals surface area (Å²) in [6.07, 6.45) is -0.452. The molecular weight excluding hydrogens is 328 g/mol. The van der Waals surface area contributed by atoms with Crippen molar-refractivity contribution in [2.24, 2.45) is 0 Å². The van der Waals surface area contributed by atoms with Crippen molar-refractivity contribution in [1.82, 2.24) is 0 Å². The van der Waals surface area contributed by atoms with Gasteiger partial charge in [-0.2, -0.15) is 0 Å². The molecule has 0 aromatic heterocycles. The Morgan fingerprint density at radius 2 is 1.62 bits per heavy atom. The van der Waals surface area contributed by atoms with E-state index in [1.165, 1.54) is 10.5 Å². The monoisotopic (exact) mass is 358 g/mol. The van der Waals surface area contributed by atoms with Gasteiger partial charge in [0, 0.05) is 11.6 Å². The maximum atomic E-state index is 10.3. The van der Waals surface area contributed by atoms with Gasteiger partial charge in [-0.05, 0) is 12.1 Å². The summed E-state index contributed by atoms with van der Waals surface area (Å²) < 4.78 is 10.9. The molecule has 1 saturated heterocycles. The van der Waals surface area contributed by atoms with Crippen molar-refractivity contribution in [3.05, 3.63) is 60.2 Å². The first-order valence-electron chi connectivity index (χ1n) is 9.39. The van der Waals surface area contributed by atoms with E-state index in [1.807, 2.05) is 24.3 Å². The van der Waals surface area contributed by atoms with Gasteiger partial charge < -0.3 is 24.4 Å². The van der Waals surface area contributed by atoms with Gasteiger partial charge in [0.25, 0.3) is 0 Å². The molecule has 3 N–H and O–H groups in total. The molecule has 1 aliphatic heterocycles. The molecular formula is C21H30N2O3+2. The second-order valence-corrected chi connectivity index (χ2v) is 7.01. The molecule has 140 valence electrons. The lowest BCUT2D eigenvalue weighted by Crippen LogP contribution is -3.28. The van der Waals surface area contributed by atoms with E-state index < -0.39 is 6.10 Å². The van der Waals surface area contributed by atoms with Crippen LogP contribution in [0.4, 0.5) is 0 Å². The molecule has 5 heteroatoms. The van der Waals surface area contributed by atoms with Crippen LogP contribution in [0.5, 0.6) is 11.5 Å². The smallest absolute Gasteiger partial charge is 0.137 e. The molecule has 0 aliphatic carbocycles. The highest BCUT2D eigenvalue weighted by molar-refractivity contribution is 5.32. The topological polar surface area (TPSA) is 47.6 Å². The summed E-state index contributed by atoms with van der Waals surface area (Å²) >= 11 is 0. The van der Waals surface area contributed by atoms with E-state index in [0.717, 1.165) is 50.8 Å². The molecule has 1 atom stereocenters. The van der Waals surface area contributed by atoms with E-state index in [1.54, 1.807) is 12.0 Å². The van der Waals surface area contributed by atoms with Gasteiger partial charge in [0.15, 0.2) is 0 Å². The van der Waals surface area contributed by atoms with E-state index in [-0.39, 0.29) is 0 Å². The van der Waals surface area contributed by atoms with Crippen LogP contribution in [-0.4, -0.2) is 57.7 Å². The summed E-state index contributed by atoms with van der Waals surface area (Å²) in [4.78, 5) is 3.09. The Bertz CT molecular complexity index is 657. The minimum Gasteiger partial charge on any atom is -0.497 e. The fourth-order valence-corrected chi connectivity index (χ4v) is 3.50. The third-order valence-corrected chi connectivity index (χ3v) is 4.97. The third kappa shape index (κ3) is 5.73. The summed E-state index contributed by atoms with van der Waals surface area (Å²) in [6.45, 7) is 6.63. The first-order valence-corrected chi connectivity index (χ1v) is 9.39. The minimum atomic E-state index is -0.452. The van der Waals surface area contributed by atoms with Crippen LogP contribution in [0.1, 0.15) is 5.56 Å². The van der Waals surface area contributed by atoms with Gasteiger partial charge in [-0.25, -0.2) is 0 Å². The number of hydrogen-bond acceptors (Lipinski definition) is 3. The average Bonchev–Trinajstić information content (AvgIpc) is 2.69. The molecule has 0 bridgehead atoms. The van der Waals surface area contributed by atoms with Crippen LogP contribution in [0, 0.1) is 0 Å². The molecule has 0 spiro atoms. The van der Waals surface area contributed by atoms with Gasteiger partial charge in [0.2, 0.25) is 0 Å². The number of nitrogens with one attached hydrogen (secondary N) is 2. The van der Waals surface area contributed by atoms with Crippen LogP contribution >= 0.6 is 0 Å². The highest BCUT2D eigenvalue weighted by atomic mass is 16.5. The maximum absolute atomic E-state index is 10.3. The number of methoxy groups -OCH3 is 1. The first kappa shape index (κ1) is 18.7. The van der Waals surface area contributed by atoms with Crippen molar-refractivity contribution in [1.29, 1.82) is 0 Å². The van der Waals surface area contributed by atoms with Crippen LogP contribution < -0.4 is 19.3 Å². The van der Waals surface area contributed by atoms with Gasteiger partial charge in [-0.15, -0.1) is 0 Å². The number of rotatable bonds is 8. The molecule has 2 aromatic carbocycles. The minimum absolute atomic E-state index is 0.317. The van der Waals surface area contributed by atoms with Crippen LogP contribution in [0.2, 0.25) is 0 Å². The van der Waals surface area contributed by atoms with E-state index >= 15 is 0 Å². The summed E-state index contributed by atoms with van der Waals surface area (Å²) in [7, 11) is 1.64. The van der Waals surface area contributed by atoms with Gasteiger partial charge in [0.1, 0.15) is 63.5 Å². The quantitative estimate of drug-likeness (QED) is 0.592. The fraction of sp³-hybridized carbons (Fsp3) is 0.429. The molecule has 1 unspecified atom stereocenters. The van der Waals surface area contributed by atoms with Gasteiger partial charge in [0.05, 0.1) is 7.11 Å². The van der Waals surface area contributed by atoms with Crippen LogP contribution in [0.25, 0.3) is 0 Å². The summed E-state index contributed by atoms with van der Waals surface area (Å²) in [6, 6.07) is 18.2. The summed E-state index contributed by atoms with van der Waals surface area (Å²) in [5, 5.41) is 10.3. The Morgan fingerprint density at radius 1 is 0.923 bits per heavy atom. The van der Waals surface area contributed by atoms with E-state index in [9.17, 15) is 5.11 Å². The second kappa shape index (κ2) is 9.57. The molecule has 5 nitrogen and oxygen atoms in total. The van der Waals surface area contributed by atoms with Gasteiger partial charge in [-0.3, -0.25) is 0 Å². The number of hydrogen-bond donors (Lipinski definition) is 3. The zero-order valence-electron chi connectivity index (χ0n) is 15.5. The van der Waals surface area contributed by atoms with Crippen molar-refractivity contribution >= 4 is 0 Å². The zero-order chi connectivity index (χ0) is 18.2. The molecule has 3 rings (SSSR count). The molecule has 26 heavy (non-hydrogen) atoms. The predicted octanol–water partition coefficient (Wildman–Crippen LogP) is -0.581. The number of aliphatic hydroxyl groups excluding tert-OH is 1. The van der Waals surface area contributed by atoms with E-state index in [0.29, 0.717) is 6.61 Å². The summed E-state index contributed by atoms with van der Waals surface area (Å²) in [5.74, 6) is 1.50. The van der Waals surface area contributed by atoms with Crippen molar-refractivity contribution in [3.8, 4) is 11.5 Å². The number of quaternary nitrogens is 2. The third-order valence-electron chi connectivity index (χ3n) is 4.97. The Labute approximate surface area is 155 Å². The SMILES string of the molecule is COc1cccc(OCC(O)C[NH+]2CC[NH+](Cc3ccccc3)CC2)c1. The Balaban J connectivity index is 1.37. The molecule has 1 fully saturated rings. The Hall–Kier alpha value is -2.08. The largest absolute Gasteiger partial charge is 0.497 e.